The van der Waals surface area contributed by atoms with Crippen molar-refractivity contribution in [1.82, 2.24) is 5.32 Å². The first-order chi connectivity index (χ1) is 11.5. The van der Waals surface area contributed by atoms with E-state index in [9.17, 15) is 8.78 Å². The monoisotopic (exact) mass is 329 g/mol. The summed E-state index contributed by atoms with van der Waals surface area (Å²) in [5.74, 6) is -2.15. The lowest BCUT2D eigenvalue weighted by Gasteiger charge is -2.29. The van der Waals surface area contributed by atoms with Gasteiger partial charge in [-0.15, -0.1) is 0 Å². The van der Waals surface area contributed by atoms with Crippen molar-refractivity contribution in [2.75, 3.05) is 13.2 Å². The normalized spacial score (nSPS) is 21.5. The van der Waals surface area contributed by atoms with Crippen LogP contribution in [0.2, 0.25) is 0 Å². The highest BCUT2D eigenvalue weighted by atomic mass is 19.3. The molecule has 0 bridgehead atoms. The van der Waals surface area contributed by atoms with Gasteiger partial charge < -0.3 is 10.1 Å². The van der Waals surface area contributed by atoms with Gasteiger partial charge in [0.15, 0.2) is 0 Å². The average molecular weight is 329 g/mol. The van der Waals surface area contributed by atoms with Crippen molar-refractivity contribution in [2.45, 2.75) is 38.2 Å². The van der Waals surface area contributed by atoms with Gasteiger partial charge >= 0.3 is 0 Å². The van der Waals surface area contributed by atoms with Crippen molar-refractivity contribution in [3.63, 3.8) is 0 Å². The van der Waals surface area contributed by atoms with E-state index in [1.165, 1.54) is 16.7 Å². The van der Waals surface area contributed by atoms with Crippen LogP contribution < -0.4 is 10.1 Å². The number of hydrogen-bond acceptors (Lipinski definition) is 2. The maximum atomic E-state index is 14.2. The molecule has 0 fully saturated rings. The Morgan fingerprint density at radius 1 is 1.25 bits per heavy atom. The van der Waals surface area contributed by atoms with E-state index in [-0.39, 0.29) is 18.6 Å². The summed E-state index contributed by atoms with van der Waals surface area (Å²) in [7, 11) is 0. The Morgan fingerprint density at radius 3 is 3.00 bits per heavy atom. The highest BCUT2D eigenvalue weighted by Gasteiger charge is 2.38. The van der Waals surface area contributed by atoms with Crippen molar-refractivity contribution in [2.24, 2.45) is 0 Å². The van der Waals surface area contributed by atoms with Crippen LogP contribution in [0.4, 0.5) is 8.78 Å². The molecule has 2 aromatic carbocycles. The zero-order chi connectivity index (χ0) is 16.7. The first-order valence-corrected chi connectivity index (χ1v) is 8.48. The third kappa shape index (κ3) is 2.69. The van der Waals surface area contributed by atoms with Crippen LogP contribution in [-0.4, -0.2) is 13.2 Å². The summed E-state index contributed by atoms with van der Waals surface area (Å²) < 4.78 is 33.7. The summed E-state index contributed by atoms with van der Waals surface area (Å²) in [5, 5.41) is 3.46. The molecule has 0 aromatic heterocycles. The lowest BCUT2D eigenvalue weighted by molar-refractivity contribution is -0.0405. The number of aryl methyl sites for hydroxylation is 1. The fourth-order valence-corrected chi connectivity index (χ4v) is 3.84. The molecule has 126 valence electrons. The molecule has 2 nitrogen and oxygen atoms in total. The lowest BCUT2D eigenvalue weighted by Crippen LogP contribution is -2.30. The Balaban J connectivity index is 1.65. The van der Waals surface area contributed by atoms with Crippen LogP contribution in [-0.2, 0) is 18.9 Å². The minimum Gasteiger partial charge on any atom is -0.493 e. The van der Waals surface area contributed by atoms with Gasteiger partial charge in [-0.2, -0.15) is 0 Å². The Morgan fingerprint density at radius 2 is 2.12 bits per heavy atom. The molecular formula is C20H21F2NO. The molecule has 2 aromatic rings. The lowest BCUT2D eigenvalue weighted by atomic mass is 9.84. The number of alkyl halides is 2. The molecule has 0 aliphatic carbocycles. The highest BCUT2D eigenvalue weighted by Crippen LogP contribution is 2.42. The Hall–Kier alpha value is -1.94. The Kier molecular flexibility index (Phi) is 3.80. The van der Waals surface area contributed by atoms with Crippen molar-refractivity contribution in [1.29, 1.82) is 0 Å². The molecule has 1 N–H and O–H groups in total. The second-order valence-electron chi connectivity index (χ2n) is 6.81. The van der Waals surface area contributed by atoms with Gasteiger partial charge in [-0.3, -0.25) is 0 Å². The van der Waals surface area contributed by atoms with Gasteiger partial charge in [0.25, 0.3) is 5.92 Å². The predicted molar refractivity (Wildman–Crippen MR) is 89.8 cm³/mol. The first kappa shape index (κ1) is 15.6. The van der Waals surface area contributed by atoms with E-state index < -0.39 is 5.92 Å². The fourth-order valence-electron chi connectivity index (χ4n) is 3.84. The number of rotatable bonds is 2. The van der Waals surface area contributed by atoms with Gasteiger partial charge in [-0.1, -0.05) is 24.3 Å². The van der Waals surface area contributed by atoms with Gasteiger partial charge in [0.2, 0.25) is 0 Å². The molecule has 2 heterocycles. The van der Waals surface area contributed by atoms with E-state index in [1.54, 1.807) is 12.1 Å². The van der Waals surface area contributed by atoms with Crippen LogP contribution in [0.5, 0.6) is 5.75 Å². The first-order valence-electron chi connectivity index (χ1n) is 8.48. The second kappa shape index (κ2) is 5.85. The minimum atomic E-state index is -2.79. The molecule has 1 atom stereocenters. The van der Waals surface area contributed by atoms with Gasteiger partial charge in [0, 0.05) is 19.0 Å². The standard InChI is InChI=1S/C20H21F2NO/c1-13-3-2-4-16-15(11-23-12-17(13)16)9-14-5-6-19-18(10-14)20(21,22)7-8-24-19/h2-6,10,15,23H,7-9,11-12H2,1H3. The summed E-state index contributed by atoms with van der Waals surface area (Å²) in [4.78, 5) is 0. The summed E-state index contributed by atoms with van der Waals surface area (Å²) in [6.45, 7) is 3.97. The maximum absolute atomic E-state index is 14.2. The SMILES string of the molecule is Cc1cccc2c1CNCC2Cc1ccc2c(c1)C(F)(F)CCO2. The molecule has 0 saturated carbocycles. The van der Waals surface area contributed by atoms with E-state index in [2.05, 4.69) is 30.4 Å². The number of fused-ring (bicyclic) bond motifs is 2. The van der Waals surface area contributed by atoms with Crippen LogP contribution in [0, 0.1) is 6.92 Å². The van der Waals surface area contributed by atoms with E-state index >= 15 is 0 Å². The molecule has 2 aliphatic rings. The molecule has 0 amide bonds. The zero-order valence-corrected chi connectivity index (χ0v) is 13.7. The molecule has 2 aliphatic heterocycles. The number of benzene rings is 2. The topological polar surface area (TPSA) is 21.3 Å². The summed E-state index contributed by atoms with van der Waals surface area (Å²) in [6.07, 6.45) is 0.517. The number of ether oxygens (including phenoxy) is 1. The van der Waals surface area contributed by atoms with Crippen LogP contribution in [0.25, 0.3) is 0 Å². The van der Waals surface area contributed by atoms with Crippen molar-refractivity contribution < 1.29 is 13.5 Å². The van der Waals surface area contributed by atoms with Gasteiger partial charge in [-0.05, 0) is 47.7 Å². The summed E-state index contributed by atoms with van der Waals surface area (Å²) in [6, 6.07) is 11.6. The largest absolute Gasteiger partial charge is 0.493 e. The average Bonchev–Trinajstić information content (AvgIpc) is 2.56. The van der Waals surface area contributed by atoms with Crippen molar-refractivity contribution >= 4 is 0 Å². The number of hydrogen-bond donors (Lipinski definition) is 1. The second-order valence-corrected chi connectivity index (χ2v) is 6.81. The quantitative estimate of drug-likeness (QED) is 0.887. The fraction of sp³-hybridized carbons (Fsp3) is 0.400. The molecule has 4 heteroatoms. The van der Waals surface area contributed by atoms with Gasteiger partial charge in [0.05, 0.1) is 18.6 Å². The zero-order valence-electron chi connectivity index (χ0n) is 13.7. The van der Waals surface area contributed by atoms with Crippen LogP contribution >= 0.6 is 0 Å². The number of nitrogens with one attached hydrogen (secondary N) is 1. The smallest absolute Gasteiger partial charge is 0.280 e. The van der Waals surface area contributed by atoms with E-state index in [0.29, 0.717) is 11.7 Å². The van der Waals surface area contributed by atoms with Crippen LogP contribution in [0.1, 0.15) is 40.2 Å². The molecule has 0 spiro atoms. The van der Waals surface area contributed by atoms with Crippen molar-refractivity contribution in [3.05, 3.63) is 64.2 Å². The Bertz CT molecular complexity index is 772. The molecule has 0 saturated heterocycles. The van der Waals surface area contributed by atoms with Crippen molar-refractivity contribution in [3.8, 4) is 5.75 Å². The van der Waals surface area contributed by atoms with Crippen LogP contribution in [0.15, 0.2) is 36.4 Å². The third-order valence-corrected chi connectivity index (χ3v) is 5.17. The predicted octanol–water partition coefficient (Wildman–Crippen LogP) is 4.30. The maximum Gasteiger partial charge on any atom is 0.280 e. The van der Waals surface area contributed by atoms with E-state index in [4.69, 9.17) is 4.74 Å². The number of halogens is 2. The highest BCUT2D eigenvalue weighted by molar-refractivity contribution is 5.44. The molecule has 4 rings (SSSR count). The molecule has 24 heavy (non-hydrogen) atoms. The molecule has 1 unspecified atom stereocenters. The van der Waals surface area contributed by atoms with Gasteiger partial charge in [0.1, 0.15) is 5.75 Å². The summed E-state index contributed by atoms with van der Waals surface area (Å²) >= 11 is 0. The van der Waals surface area contributed by atoms with Gasteiger partial charge in [-0.25, -0.2) is 8.78 Å². The minimum absolute atomic E-state index is 0.0412. The van der Waals surface area contributed by atoms with E-state index in [1.807, 2.05) is 6.07 Å². The summed E-state index contributed by atoms with van der Waals surface area (Å²) in [5.41, 5.74) is 4.96. The van der Waals surface area contributed by atoms with E-state index in [0.717, 1.165) is 25.1 Å². The third-order valence-electron chi connectivity index (χ3n) is 5.17. The van der Waals surface area contributed by atoms with Crippen LogP contribution in [0.3, 0.4) is 0 Å². The molecular weight excluding hydrogens is 308 g/mol. The molecule has 0 radical (unpaired) electrons. The Labute approximate surface area is 140 Å².